The first-order valence-corrected chi connectivity index (χ1v) is 7.01. The Balaban J connectivity index is 2.76. The molecule has 0 aliphatic heterocycles. The third kappa shape index (κ3) is 4.98. The number of nitrogens with one attached hydrogen (secondary N) is 1. The lowest BCUT2D eigenvalue weighted by molar-refractivity contribution is -0.127. The Morgan fingerprint density at radius 1 is 1.33 bits per heavy atom. The molecule has 0 aromatic heterocycles. The van der Waals surface area contributed by atoms with Crippen LogP contribution in [0.25, 0.3) is 0 Å². The van der Waals surface area contributed by atoms with Crippen LogP contribution in [0.4, 0.5) is 5.69 Å². The molecule has 0 bridgehead atoms. The third-order valence-corrected chi connectivity index (χ3v) is 3.05. The predicted octanol–water partition coefficient (Wildman–Crippen LogP) is 1.44. The molecule has 0 fully saturated rings. The average Bonchev–Trinajstić information content (AvgIpc) is 2.40. The van der Waals surface area contributed by atoms with Crippen LogP contribution < -0.4 is 21.5 Å². The number of hydrogen-bond donors (Lipinski definition) is 3. The zero-order valence-electron chi connectivity index (χ0n) is 12.7. The van der Waals surface area contributed by atoms with Crippen molar-refractivity contribution < 1.29 is 14.3 Å². The number of anilines is 1. The number of amides is 2. The van der Waals surface area contributed by atoms with Gasteiger partial charge >= 0.3 is 0 Å². The molecule has 6 heteroatoms. The molecule has 0 saturated heterocycles. The van der Waals surface area contributed by atoms with Crippen LogP contribution in [0.15, 0.2) is 18.2 Å². The molecule has 0 spiro atoms. The molecule has 0 radical (unpaired) electrons. The molecule has 2 unspecified atom stereocenters. The van der Waals surface area contributed by atoms with Gasteiger partial charge in [-0.2, -0.15) is 0 Å². The summed E-state index contributed by atoms with van der Waals surface area (Å²) in [7, 11) is 0. The number of nitrogen functional groups attached to an aromatic ring is 1. The highest BCUT2D eigenvalue weighted by Gasteiger charge is 2.19. The van der Waals surface area contributed by atoms with Crippen LogP contribution in [0.5, 0.6) is 5.75 Å². The fraction of sp³-hybridized carbons (Fsp3) is 0.467. The van der Waals surface area contributed by atoms with Crippen molar-refractivity contribution in [2.45, 2.75) is 45.8 Å². The monoisotopic (exact) mass is 293 g/mol. The van der Waals surface area contributed by atoms with E-state index >= 15 is 0 Å². The highest BCUT2D eigenvalue weighted by molar-refractivity contribution is 5.96. The maximum absolute atomic E-state index is 12.0. The number of nitrogens with two attached hydrogens (primary N) is 2. The van der Waals surface area contributed by atoms with Crippen molar-refractivity contribution in [2.75, 3.05) is 5.73 Å². The van der Waals surface area contributed by atoms with E-state index in [4.69, 9.17) is 16.2 Å². The smallest absolute Gasteiger partial charge is 0.260 e. The van der Waals surface area contributed by atoms with Gasteiger partial charge in [0.2, 0.25) is 0 Å². The highest BCUT2D eigenvalue weighted by Crippen LogP contribution is 2.22. The van der Waals surface area contributed by atoms with Crippen LogP contribution in [0.1, 0.15) is 44.0 Å². The number of primary amides is 1. The Hall–Kier alpha value is -2.24. The van der Waals surface area contributed by atoms with Crippen molar-refractivity contribution >= 4 is 17.5 Å². The van der Waals surface area contributed by atoms with E-state index in [-0.39, 0.29) is 23.3 Å². The van der Waals surface area contributed by atoms with Crippen LogP contribution in [-0.4, -0.2) is 24.0 Å². The fourth-order valence-corrected chi connectivity index (χ4v) is 1.95. The van der Waals surface area contributed by atoms with E-state index in [0.717, 1.165) is 12.8 Å². The maximum Gasteiger partial charge on any atom is 0.260 e. The van der Waals surface area contributed by atoms with Crippen molar-refractivity contribution in [3.8, 4) is 5.75 Å². The summed E-state index contributed by atoms with van der Waals surface area (Å²) >= 11 is 0. The summed E-state index contributed by atoms with van der Waals surface area (Å²) in [5.74, 6) is -0.630. The first-order chi connectivity index (χ1) is 9.85. The number of benzene rings is 1. The van der Waals surface area contributed by atoms with E-state index in [9.17, 15) is 9.59 Å². The molecule has 21 heavy (non-hydrogen) atoms. The molecule has 5 N–H and O–H groups in total. The van der Waals surface area contributed by atoms with Gasteiger partial charge in [-0.15, -0.1) is 0 Å². The zero-order valence-corrected chi connectivity index (χ0v) is 12.7. The molecule has 1 aromatic carbocycles. The van der Waals surface area contributed by atoms with Gasteiger partial charge in [0.05, 0.1) is 5.56 Å². The summed E-state index contributed by atoms with van der Waals surface area (Å²) in [4.78, 5) is 23.4. The molecule has 0 aliphatic rings. The van der Waals surface area contributed by atoms with Gasteiger partial charge in [-0.1, -0.05) is 13.3 Å². The third-order valence-electron chi connectivity index (χ3n) is 3.05. The van der Waals surface area contributed by atoms with Crippen LogP contribution in [0.2, 0.25) is 0 Å². The first-order valence-electron chi connectivity index (χ1n) is 7.01. The van der Waals surface area contributed by atoms with Gasteiger partial charge in [-0.25, -0.2) is 0 Å². The van der Waals surface area contributed by atoms with E-state index in [1.54, 1.807) is 13.0 Å². The number of rotatable bonds is 7. The van der Waals surface area contributed by atoms with Gasteiger partial charge in [0.1, 0.15) is 5.75 Å². The highest BCUT2D eigenvalue weighted by atomic mass is 16.5. The second-order valence-corrected chi connectivity index (χ2v) is 5.08. The molecule has 6 nitrogen and oxygen atoms in total. The lowest BCUT2D eigenvalue weighted by Crippen LogP contribution is -2.41. The molecule has 2 amide bonds. The largest absolute Gasteiger partial charge is 0.480 e. The second-order valence-electron chi connectivity index (χ2n) is 5.08. The summed E-state index contributed by atoms with van der Waals surface area (Å²) in [5, 5.41) is 2.86. The van der Waals surface area contributed by atoms with Gasteiger partial charge in [0, 0.05) is 11.7 Å². The minimum Gasteiger partial charge on any atom is -0.480 e. The number of carbonyl (C=O) groups excluding carboxylic acids is 2. The van der Waals surface area contributed by atoms with Crippen LogP contribution in [-0.2, 0) is 4.79 Å². The first kappa shape index (κ1) is 16.8. The normalized spacial score (nSPS) is 13.3. The summed E-state index contributed by atoms with van der Waals surface area (Å²) in [5.41, 5.74) is 11.5. The SMILES string of the molecule is CCCC(C)NC(=O)C(C)Oc1ccc(N)cc1C(N)=O. The Morgan fingerprint density at radius 2 is 2.00 bits per heavy atom. The van der Waals surface area contributed by atoms with E-state index in [0.29, 0.717) is 5.69 Å². The standard InChI is InChI=1S/C15H23N3O3/c1-4-5-9(2)18-15(20)10(3)21-13-7-6-11(16)8-12(13)14(17)19/h6-10H,4-5,16H2,1-3H3,(H2,17,19)(H,18,20). The van der Waals surface area contributed by atoms with Crippen molar-refractivity contribution in [2.24, 2.45) is 5.73 Å². The molecule has 116 valence electrons. The molecule has 0 aliphatic carbocycles. The fourth-order valence-electron chi connectivity index (χ4n) is 1.95. The van der Waals surface area contributed by atoms with Gasteiger partial charge in [-0.3, -0.25) is 9.59 Å². The second kappa shape index (κ2) is 7.52. The van der Waals surface area contributed by atoms with E-state index in [2.05, 4.69) is 12.2 Å². The van der Waals surface area contributed by atoms with Crippen LogP contribution in [0.3, 0.4) is 0 Å². The van der Waals surface area contributed by atoms with Crippen molar-refractivity contribution in [1.82, 2.24) is 5.32 Å². The van der Waals surface area contributed by atoms with Crippen LogP contribution >= 0.6 is 0 Å². The Kier molecular flexibility index (Phi) is 6.02. The van der Waals surface area contributed by atoms with Crippen LogP contribution in [0, 0.1) is 0 Å². The summed E-state index contributed by atoms with van der Waals surface area (Å²) in [6, 6.07) is 4.64. The molecule has 0 heterocycles. The van der Waals surface area contributed by atoms with Crippen molar-refractivity contribution in [1.29, 1.82) is 0 Å². The summed E-state index contributed by atoms with van der Waals surface area (Å²) < 4.78 is 5.53. The maximum atomic E-state index is 12.0. The topological polar surface area (TPSA) is 107 Å². The van der Waals surface area contributed by atoms with Crippen molar-refractivity contribution in [3.05, 3.63) is 23.8 Å². The summed E-state index contributed by atoms with van der Waals surface area (Å²) in [6.07, 6.45) is 1.15. The molecule has 2 atom stereocenters. The van der Waals surface area contributed by atoms with Gasteiger partial charge in [0.15, 0.2) is 6.10 Å². The molecular formula is C15H23N3O3. The van der Waals surface area contributed by atoms with E-state index < -0.39 is 12.0 Å². The Labute approximate surface area is 124 Å². The molecule has 0 saturated carbocycles. The zero-order chi connectivity index (χ0) is 16.0. The number of ether oxygens (including phenoxy) is 1. The minimum atomic E-state index is -0.731. The average molecular weight is 293 g/mol. The summed E-state index contributed by atoms with van der Waals surface area (Å²) in [6.45, 7) is 5.61. The van der Waals surface area contributed by atoms with E-state index in [1.165, 1.54) is 12.1 Å². The number of carbonyl (C=O) groups is 2. The molecule has 1 rings (SSSR count). The minimum absolute atomic E-state index is 0.0792. The number of hydrogen-bond acceptors (Lipinski definition) is 4. The lowest BCUT2D eigenvalue weighted by atomic mass is 10.1. The quantitative estimate of drug-likeness (QED) is 0.661. The predicted molar refractivity (Wildman–Crippen MR) is 82.0 cm³/mol. The lowest BCUT2D eigenvalue weighted by Gasteiger charge is -2.19. The Bertz CT molecular complexity index is 517. The van der Waals surface area contributed by atoms with Crippen molar-refractivity contribution in [3.63, 3.8) is 0 Å². The van der Waals surface area contributed by atoms with Gasteiger partial charge in [-0.05, 0) is 38.5 Å². The molecule has 1 aromatic rings. The van der Waals surface area contributed by atoms with Gasteiger partial charge < -0.3 is 21.5 Å². The van der Waals surface area contributed by atoms with Gasteiger partial charge in [0.25, 0.3) is 11.8 Å². The van der Waals surface area contributed by atoms with E-state index in [1.807, 2.05) is 6.92 Å². The Morgan fingerprint density at radius 3 is 2.57 bits per heavy atom. The molecular weight excluding hydrogens is 270 g/mol.